The molecule has 2 aliphatic heterocycles. The van der Waals surface area contributed by atoms with Crippen LogP contribution in [0.15, 0.2) is 47.4 Å². The van der Waals surface area contributed by atoms with E-state index in [0.717, 1.165) is 62.9 Å². The van der Waals surface area contributed by atoms with Crippen LogP contribution >= 0.6 is 0 Å². The second-order valence-corrected chi connectivity index (χ2v) is 10.9. The SMILES string of the molecule is CCOc1ccc(CNC(=O)c2ccc(N3CCCCC3)c(S(=O)(=O)N3CCCCC3)c2)cc1. The number of nitrogens with one attached hydrogen (secondary N) is 1. The van der Waals surface area contributed by atoms with E-state index >= 15 is 0 Å². The molecule has 0 unspecified atom stereocenters. The Labute approximate surface area is 203 Å². The lowest BCUT2D eigenvalue weighted by molar-refractivity contribution is 0.0950. The van der Waals surface area contributed by atoms with Gasteiger partial charge in [-0.25, -0.2) is 8.42 Å². The fourth-order valence-corrected chi connectivity index (χ4v) is 6.41. The highest BCUT2D eigenvalue weighted by molar-refractivity contribution is 7.89. The molecule has 4 rings (SSSR count). The predicted molar refractivity (Wildman–Crippen MR) is 134 cm³/mol. The van der Waals surface area contributed by atoms with E-state index in [0.29, 0.717) is 37.5 Å². The molecule has 2 aromatic rings. The van der Waals surface area contributed by atoms with Gasteiger partial charge in [0, 0.05) is 38.3 Å². The second kappa shape index (κ2) is 11.2. The molecule has 2 aromatic carbocycles. The Morgan fingerprint density at radius 2 is 1.56 bits per heavy atom. The van der Waals surface area contributed by atoms with Gasteiger partial charge in [0.2, 0.25) is 10.0 Å². The number of benzene rings is 2. The molecule has 2 heterocycles. The van der Waals surface area contributed by atoms with Crippen molar-refractivity contribution in [3.63, 3.8) is 0 Å². The molecule has 2 saturated heterocycles. The third-order valence-corrected chi connectivity index (χ3v) is 8.47. The number of piperidine rings is 2. The van der Waals surface area contributed by atoms with E-state index in [1.165, 1.54) is 0 Å². The van der Waals surface area contributed by atoms with Gasteiger partial charge in [-0.15, -0.1) is 0 Å². The third kappa shape index (κ3) is 5.73. The first-order chi connectivity index (χ1) is 16.5. The van der Waals surface area contributed by atoms with Crippen molar-refractivity contribution in [2.75, 3.05) is 37.7 Å². The number of sulfonamides is 1. The van der Waals surface area contributed by atoms with E-state index in [2.05, 4.69) is 10.2 Å². The lowest BCUT2D eigenvalue weighted by atomic mass is 10.1. The van der Waals surface area contributed by atoms with Crippen molar-refractivity contribution in [1.82, 2.24) is 9.62 Å². The van der Waals surface area contributed by atoms with Gasteiger partial charge in [-0.1, -0.05) is 18.6 Å². The third-order valence-electron chi connectivity index (χ3n) is 6.54. The van der Waals surface area contributed by atoms with Gasteiger partial charge >= 0.3 is 0 Å². The fraction of sp³-hybridized carbons (Fsp3) is 0.500. The van der Waals surface area contributed by atoms with Crippen LogP contribution in [0.25, 0.3) is 0 Å². The maximum absolute atomic E-state index is 13.6. The Hall–Kier alpha value is -2.58. The van der Waals surface area contributed by atoms with Crippen molar-refractivity contribution in [3.05, 3.63) is 53.6 Å². The summed E-state index contributed by atoms with van der Waals surface area (Å²) in [5, 5.41) is 2.92. The van der Waals surface area contributed by atoms with Crippen LogP contribution in [-0.2, 0) is 16.6 Å². The summed E-state index contributed by atoms with van der Waals surface area (Å²) in [5.74, 6) is 0.507. The van der Waals surface area contributed by atoms with Crippen molar-refractivity contribution in [3.8, 4) is 5.75 Å². The van der Waals surface area contributed by atoms with Crippen molar-refractivity contribution in [2.45, 2.75) is 56.9 Å². The molecular weight excluding hydrogens is 450 g/mol. The summed E-state index contributed by atoms with van der Waals surface area (Å²) in [7, 11) is -3.68. The zero-order valence-electron chi connectivity index (χ0n) is 20.0. The van der Waals surface area contributed by atoms with Gasteiger partial charge in [0.1, 0.15) is 10.6 Å². The van der Waals surface area contributed by atoms with Gasteiger partial charge in [-0.2, -0.15) is 4.31 Å². The molecule has 8 heteroatoms. The van der Waals surface area contributed by atoms with Crippen LogP contribution in [0.4, 0.5) is 5.69 Å². The highest BCUT2D eigenvalue weighted by Gasteiger charge is 2.31. The maximum atomic E-state index is 13.6. The molecule has 34 heavy (non-hydrogen) atoms. The van der Waals surface area contributed by atoms with Gasteiger partial charge in [0.25, 0.3) is 5.91 Å². The molecule has 184 valence electrons. The number of rotatable bonds is 8. The van der Waals surface area contributed by atoms with Crippen molar-refractivity contribution >= 4 is 21.6 Å². The molecular formula is C26H35N3O4S. The van der Waals surface area contributed by atoms with Crippen LogP contribution in [0.2, 0.25) is 0 Å². The molecule has 2 fully saturated rings. The topological polar surface area (TPSA) is 79.0 Å². The minimum Gasteiger partial charge on any atom is -0.494 e. The Bertz CT molecular complexity index is 1070. The molecule has 0 saturated carbocycles. The van der Waals surface area contributed by atoms with E-state index in [1.54, 1.807) is 16.4 Å². The largest absolute Gasteiger partial charge is 0.494 e. The summed E-state index contributed by atoms with van der Waals surface area (Å²) in [6.07, 6.45) is 6.07. The number of amides is 1. The molecule has 2 aliphatic rings. The zero-order chi connectivity index (χ0) is 24.0. The van der Waals surface area contributed by atoms with Gasteiger partial charge < -0.3 is 15.0 Å². The Morgan fingerprint density at radius 1 is 0.912 bits per heavy atom. The molecule has 0 radical (unpaired) electrons. The van der Waals surface area contributed by atoms with Gasteiger partial charge in [0.15, 0.2) is 0 Å². The van der Waals surface area contributed by atoms with Crippen LogP contribution in [0.1, 0.15) is 61.4 Å². The van der Waals surface area contributed by atoms with E-state index in [4.69, 9.17) is 4.74 Å². The van der Waals surface area contributed by atoms with E-state index in [9.17, 15) is 13.2 Å². The number of anilines is 1. The van der Waals surface area contributed by atoms with Crippen molar-refractivity contribution < 1.29 is 17.9 Å². The highest BCUT2D eigenvalue weighted by Crippen LogP contribution is 2.32. The Morgan fingerprint density at radius 3 is 2.21 bits per heavy atom. The lowest BCUT2D eigenvalue weighted by Crippen LogP contribution is -2.38. The van der Waals surface area contributed by atoms with Crippen LogP contribution < -0.4 is 15.0 Å². The first-order valence-electron chi connectivity index (χ1n) is 12.4. The quantitative estimate of drug-likeness (QED) is 0.607. The monoisotopic (exact) mass is 485 g/mol. The number of nitrogens with zero attached hydrogens (tertiary/aromatic N) is 2. The van der Waals surface area contributed by atoms with E-state index in [1.807, 2.05) is 37.3 Å². The average Bonchev–Trinajstić information content (AvgIpc) is 2.89. The van der Waals surface area contributed by atoms with Crippen LogP contribution in [-0.4, -0.2) is 51.4 Å². The second-order valence-electron chi connectivity index (χ2n) is 8.95. The van der Waals surface area contributed by atoms with Crippen molar-refractivity contribution in [1.29, 1.82) is 0 Å². The number of hydrogen-bond donors (Lipinski definition) is 1. The fourth-order valence-electron chi connectivity index (χ4n) is 4.66. The molecule has 0 spiro atoms. The summed E-state index contributed by atoms with van der Waals surface area (Å²) in [4.78, 5) is 15.4. The lowest BCUT2D eigenvalue weighted by Gasteiger charge is -2.33. The standard InChI is InChI=1S/C26H35N3O4S/c1-2-33-23-12-9-21(10-13-23)20-27-26(30)22-11-14-24(28-15-5-3-6-16-28)25(19-22)34(31,32)29-17-7-4-8-18-29/h9-14,19H,2-8,15-18,20H2,1H3,(H,27,30). The number of hydrogen-bond acceptors (Lipinski definition) is 5. The highest BCUT2D eigenvalue weighted by atomic mass is 32.2. The zero-order valence-corrected chi connectivity index (χ0v) is 20.8. The Kier molecular flexibility index (Phi) is 8.11. The van der Waals surface area contributed by atoms with E-state index < -0.39 is 10.0 Å². The summed E-state index contributed by atoms with van der Waals surface area (Å²) < 4.78 is 34.3. The molecule has 0 bridgehead atoms. The first kappa shape index (κ1) is 24.5. The number of ether oxygens (including phenoxy) is 1. The summed E-state index contributed by atoms with van der Waals surface area (Å²) in [6.45, 7) is 5.65. The summed E-state index contributed by atoms with van der Waals surface area (Å²) in [5.41, 5.74) is 2.03. The smallest absolute Gasteiger partial charge is 0.251 e. The summed E-state index contributed by atoms with van der Waals surface area (Å²) >= 11 is 0. The normalized spacial score (nSPS) is 17.4. The molecule has 0 atom stereocenters. The van der Waals surface area contributed by atoms with Gasteiger partial charge in [-0.3, -0.25) is 4.79 Å². The number of carbonyl (C=O) groups is 1. The van der Waals surface area contributed by atoms with E-state index in [-0.39, 0.29) is 10.8 Å². The van der Waals surface area contributed by atoms with Gasteiger partial charge in [0.05, 0.1) is 12.3 Å². The Balaban J connectivity index is 1.56. The van der Waals surface area contributed by atoms with Gasteiger partial charge in [-0.05, 0) is 74.9 Å². The molecule has 0 aliphatic carbocycles. The molecule has 7 nitrogen and oxygen atoms in total. The van der Waals surface area contributed by atoms with Crippen LogP contribution in [0, 0.1) is 0 Å². The van der Waals surface area contributed by atoms with Crippen LogP contribution in [0.3, 0.4) is 0 Å². The molecule has 0 aromatic heterocycles. The minimum absolute atomic E-state index is 0.255. The molecule has 1 N–H and O–H groups in total. The minimum atomic E-state index is -3.68. The average molecular weight is 486 g/mol. The molecule has 1 amide bonds. The first-order valence-corrected chi connectivity index (χ1v) is 13.8. The van der Waals surface area contributed by atoms with Crippen LogP contribution in [0.5, 0.6) is 5.75 Å². The van der Waals surface area contributed by atoms with Crippen molar-refractivity contribution in [2.24, 2.45) is 0 Å². The summed E-state index contributed by atoms with van der Waals surface area (Å²) in [6, 6.07) is 12.7. The number of carbonyl (C=O) groups excluding carboxylic acids is 1. The maximum Gasteiger partial charge on any atom is 0.251 e. The predicted octanol–water partition coefficient (Wildman–Crippen LogP) is 4.18.